The van der Waals surface area contributed by atoms with Crippen molar-refractivity contribution in [3.8, 4) is 0 Å². The summed E-state index contributed by atoms with van der Waals surface area (Å²) in [5.41, 5.74) is 0.0283. The quantitative estimate of drug-likeness (QED) is 0.191. The van der Waals surface area contributed by atoms with Crippen LogP contribution in [0.3, 0.4) is 0 Å². The largest absolute Gasteiger partial charge is 0.459 e. The van der Waals surface area contributed by atoms with E-state index in [1.807, 2.05) is 6.92 Å². The van der Waals surface area contributed by atoms with Gasteiger partial charge in [0.25, 0.3) is 0 Å². The zero-order valence-electron chi connectivity index (χ0n) is 17.8. The molecule has 1 saturated heterocycles. The Hall–Kier alpha value is 4.56. The van der Waals surface area contributed by atoms with E-state index < -0.39 is 29.7 Å². The monoisotopic (exact) mass is 1270 g/mol. The van der Waals surface area contributed by atoms with Crippen molar-refractivity contribution in [1.82, 2.24) is 0 Å². The van der Waals surface area contributed by atoms with Crippen LogP contribution >= 0.6 is 0 Å². The van der Waals surface area contributed by atoms with Crippen LogP contribution in [0.25, 0.3) is 0 Å². The van der Waals surface area contributed by atoms with Gasteiger partial charge in [-0.3, -0.25) is 0 Å². The van der Waals surface area contributed by atoms with E-state index in [1.54, 1.807) is 6.08 Å². The number of allylic oxidation sites excluding steroid dienone is 1. The summed E-state index contributed by atoms with van der Waals surface area (Å²) in [6.45, 7) is 7.95. The Kier molecular flexibility index (Phi) is 18.5. The molecule has 4 radical (unpaired) electrons. The van der Waals surface area contributed by atoms with Gasteiger partial charge in [-0.2, -0.15) is 0 Å². The van der Waals surface area contributed by atoms with E-state index >= 15 is 0 Å². The topological polar surface area (TPSA) is 107 Å². The van der Waals surface area contributed by atoms with Gasteiger partial charge in [0, 0.05) is 182 Å². The maximum atomic E-state index is 11.8. The van der Waals surface area contributed by atoms with Crippen molar-refractivity contribution in [3.05, 3.63) is 23.8 Å². The molecule has 2 aliphatic carbocycles. The van der Waals surface area contributed by atoms with Crippen molar-refractivity contribution in [2.24, 2.45) is 22.7 Å². The van der Waals surface area contributed by atoms with Crippen LogP contribution in [0.1, 0.15) is 39.5 Å². The van der Waals surface area contributed by atoms with E-state index in [2.05, 4.69) is 13.5 Å². The van der Waals surface area contributed by atoms with E-state index in [9.17, 15) is 25.2 Å². The number of fused-ring (bicyclic) bond motifs is 1. The first-order chi connectivity index (χ1) is 12.1. The molecule has 0 aromatic carbocycles. The van der Waals surface area contributed by atoms with Gasteiger partial charge in [0.15, 0.2) is 0 Å². The van der Waals surface area contributed by atoms with Crippen molar-refractivity contribution < 1.29 is 206 Å². The number of carbonyl (C=O) groups excluding carboxylic acids is 1. The fourth-order valence-electron chi connectivity index (χ4n) is 5.49. The van der Waals surface area contributed by atoms with Crippen molar-refractivity contribution in [2.45, 2.75) is 57.8 Å². The van der Waals surface area contributed by atoms with E-state index in [4.69, 9.17) is 4.74 Å². The van der Waals surface area contributed by atoms with Crippen molar-refractivity contribution >= 4 is 5.97 Å². The van der Waals surface area contributed by atoms with Gasteiger partial charge in [0.2, 0.25) is 0 Å². The van der Waals surface area contributed by atoms with Gasteiger partial charge in [0.1, 0.15) is 12.7 Å². The minimum Gasteiger partial charge on any atom is -0.459 e. The summed E-state index contributed by atoms with van der Waals surface area (Å²) >= 11 is 0. The van der Waals surface area contributed by atoms with Crippen LogP contribution in [-0.4, -0.2) is 57.9 Å². The number of hydrogen-bond acceptors (Lipinski definition) is 6. The molecule has 4 N–H and O–H groups in total. The zero-order valence-corrected chi connectivity index (χ0v) is 36.8. The molecule has 0 amide bonds. The molecule has 1 aliphatic heterocycles. The molecular weight excluding hydrogens is 1240 g/mol. The van der Waals surface area contributed by atoms with Crippen LogP contribution < -0.4 is 0 Å². The number of carbonyl (C=O) groups is 1. The van der Waals surface area contributed by atoms with Gasteiger partial charge in [0.05, 0.1) is 24.4 Å². The summed E-state index contributed by atoms with van der Waals surface area (Å²) in [5, 5.41) is 41.0. The number of aliphatic hydroxyl groups is 4. The molecule has 0 aromatic rings. The molecule has 6 nitrogen and oxygen atoms in total. The molecule has 158 valence electrons. The number of rotatable bonds is 3. The molecule has 0 spiro atoms. The first-order valence-electron chi connectivity index (χ1n) is 9.36. The van der Waals surface area contributed by atoms with Gasteiger partial charge < -0.3 is 25.2 Å². The molecule has 2 saturated carbocycles. The second-order valence-electron chi connectivity index (χ2n) is 8.67. The molecular formula is C20H30Ac4O6. The van der Waals surface area contributed by atoms with Gasteiger partial charge in [-0.25, -0.2) is 4.79 Å². The Morgan fingerprint density at radius 3 is 2.23 bits per heavy atom. The molecule has 1 heterocycles. The summed E-state index contributed by atoms with van der Waals surface area (Å²) in [4.78, 5) is 11.8. The minimum absolute atomic E-state index is 0. The van der Waals surface area contributed by atoms with E-state index in [0.717, 1.165) is 12.0 Å². The fourth-order valence-corrected chi connectivity index (χ4v) is 5.49. The summed E-state index contributed by atoms with van der Waals surface area (Å²) in [6, 6.07) is 0. The van der Waals surface area contributed by atoms with Crippen LogP contribution in [0, 0.1) is 199 Å². The van der Waals surface area contributed by atoms with Crippen LogP contribution in [-0.2, 0) is 9.53 Å². The SMILES string of the molecule is C=C1C(O)CC2[C@](C)(CO)C(O)CC[C@]2(C)[C@H]1C/C=C1/C(=O)OCC1O.[Ac].[Ac].[Ac].[Ac]. The molecule has 10 heteroatoms. The van der Waals surface area contributed by atoms with Crippen LogP contribution in [0.15, 0.2) is 23.8 Å². The third-order valence-electron chi connectivity index (χ3n) is 7.32. The third kappa shape index (κ3) is 7.10. The predicted octanol–water partition coefficient (Wildman–Crippen LogP) is 0.933. The van der Waals surface area contributed by atoms with Crippen LogP contribution in [0.2, 0.25) is 0 Å². The van der Waals surface area contributed by atoms with Gasteiger partial charge in [-0.05, 0) is 48.5 Å². The maximum Gasteiger partial charge on any atom is 0.336 e. The van der Waals surface area contributed by atoms with Crippen molar-refractivity contribution in [2.75, 3.05) is 13.2 Å². The standard InChI is InChI=1S/C20H30O6.4Ac/c1-11-13(5-4-12-15(23)9-26-18(12)25)19(2)7-6-17(24)20(3,10-21)16(19)8-14(11)22;;;;/h4,13-17,21-24H,1,5-10H2,2-3H3;;;;/b12-4+;;;;/t13-,14?,15?,16?,17?,19+,20-;;;;/m0..../s1. The molecule has 30 heavy (non-hydrogen) atoms. The maximum absolute atomic E-state index is 11.8. The van der Waals surface area contributed by atoms with E-state index in [-0.39, 0.29) is 212 Å². The number of cyclic esters (lactones) is 1. The molecule has 0 bridgehead atoms. The Morgan fingerprint density at radius 1 is 1.13 bits per heavy atom. The summed E-state index contributed by atoms with van der Waals surface area (Å²) < 4.78 is 4.87. The Morgan fingerprint density at radius 2 is 1.73 bits per heavy atom. The molecule has 0 aromatic heterocycles. The number of ether oxygens (including phenoxy) is 1. The fraction of sp³-hybridized carbons (Fsp3) is 0.750. The minimum atomic E-state index is -0.913. The first-order valence-corrected chi connectivity index (χ1v) is 9.36. The number of hydrogen-bond donors (Lipinski definition) is 4. The Bertz CT molecular complexity index is 645. The number of esters is 1. The van der Waals surface area contributed by atoms with Gasteiger partial charge in [-0.15, -0.1) is 0 Å². The smallest absolute Gasteiger partial charge is 0.336 e. The van der Waals surface area contributed by atoms with Crippen LogP contribution in [0.5, 0.6) is 0 Å². The molecule has 7 atom stereocenters. The van der Waals surface area contributed by atoms with E-state index in [1.165, 1.54) is 0 Å². The van der Waals surface area contributed by atoms with Gasteiger partial charge in [-0.1, -0.05) is 26.5 Å². The third-order valence-corrected chi connectivity index (χ3v) is 7.32. The summed E-state index contributed by atoms with van der Waals surface area (Å²) in [5.74, 6) is -0.684. The zero-order chi connectivity index (χ0) is 19.3. The Labute approximate surface area is 322 Å². The average Bonchev–Trinajstić information content (AvgIpc) is 2.93. The first kappa shape index (κ1) is 36.7. The summed E-state index contributed by atoms with van der Waals surface area (Å²) in [6.07, 6.45) is 1.71. The average molecular weight is 1270 g/mol. The Balaban J connectivity index is 0. The normalized spacial score (nSPS) is 41.4. The van der Waals surface area contributed by atoms with Gasteiger partial charge >= 0.3 is 5.97 Å². The predicted molar refractivity (Wildman–Crippen MR) is 95.0 cm³/mol. The number of aliphatic hydroxyl groups excluding tert-OH is 4. The molecule has 3 fully saturated rings. The summed E-state index contributed by atoms with van der Waals surface area (Å²) in [7, 11) is 0. The van der Waals surface area contributed by atoms with Crippen LogP contribution in [0.4, 0.5) is 0 Å². The molecule has 4 unspecified atom stereocenters. The molecule has 3 aliphatic rings. The second kappa shape index (κ2) is 15.1. The molecule has 3 rings (SSSR count). The van der Waals surface area contributed by atoms with E-state index in [0.29, 0.717) is 19.3 Å². The van der Waals surface area contributed by atoms with Crippen molar-refractivity contribution in [3.63, 3.8) is 0 Å². The second-order valence-corrected chi connectivity index (χ2v) is 8.67. The van der Waals surface area contributed by atoms with Crippen molar-refractivity contribution in [1.29, 1.82) is 0 Å².